The second-order valence-electron chi connectivity index (χ2n) is 5.40. The zero-order valence-electron chi connectivity index (χ0n) is 13.0. The molecule has 0 aliphatic carbocycles. The Balaban J connectivity index is 1.73. The van der Waals surface area contributed by atoms with Gasteiger partial charge in [-0.15, -0.1) is 0 Å². The van der Waals surface area contributed by atoms with Crippen molar-refractivity contribution in [3.8, 4) is 0 Å². The van der Waals surface area contributed by atoms with Crippen LogP contribution in [0.3, 0.4) is 0 Å². The van der Waals surface area contributed by atoms with Crippen molar-refractivity contribution in [3.63, 3.8) is 0 Å². The number of nitrogens with one attached hydrogen (secondary N) is 1. The van der Waals surface area contributed by atoms with E-state index in [1.54, 1.807) is 0 Å². The molecule has 2 aromatic carbocycles. The Morgan fingerprint density at radius 2 is 1.68 bits per heavy atom. The molecule has 1 amide bonds. The second kappa shape index (κ2) is 8.35. The molecule has 0 fully saturated rings. The number of amides is 1. The van der Waals surface area contributed by atoms with E-state index in [4.69, 9.17) is 0 Å². The second-order valence-corrected chi connectivity index (χ2v) is 5.40. The highest BCUT2D eigenvalue weighted by molar-refractivity contribution is 5.76. The van der Waals surface area contributed by atoms with Crippen LogP contribution in [0.25, 0.3) is 0 Å². The van der Waals surface area contributed by atoms with Crippen molar-refractivity contribution >= 4 is 5.91 Å². The van der Waals surface area contributed by atoms with Crippen molar-refractivity contribution < 1.29 is 9.90 Å². The predicted octanol–water partition coefficient (Wildman–Crippen LogP) is 3.03. The molecule has 2 aromatic rings. The Morgan fingerprint density at radius 1 is 1.05 bits per heavy atom. The molecule has 22 heavy (non-hydrogen) atoms. The summed E-state index contributed by atoms with van der Waals surface area (Å²) in [6.07, 6.45) is 1.19. The maximum Gasteiger partial charge on any atom is 0.222 e. The third-order valence-corrected chi connectivity index (χ3v) is 3.73. The fourth-order valence-corrected chi connectivity index (χ4v) is 2.33. The Bertz CT molecular complexity index is 578. The molecule has 0 aromatic heterocycles. The van der Waals surface area contributed by atoms with Gasteiger partial charge in [-0.25, -0.2) is 0 Å². The molecular weight excluding hydrogens is 274 g/mol. The average Bonchev–Trinajstić information content (AvgIpc) is 2.56. The predicted molar refractivity (Wildman–Crippen MR) is 88.6 cm³/mol. The zero-order chi connectivity index (χ0) is 15.8. The minimum absolute atomic E-state index is 0.0960. The fourth-order valence-electron chi connectivity index (χ4n) is 2.33. The van der Waals surface area contributed by atoms with Gasteiger partial charge in [0, 0.05) is 6.54 Å². The highest BCUT2D eigenvalue weighted by atomic mass is 16.3. The number of benzene rings is 2. The summed E-state index contributed by atoms with van der Waals surface area (Å²) in [7, 11) is 0. The van der Waals surface area contributed by atoms with E-state index < -0.39 is 6.10 Å². The van der Waals surface area contributed by atoms with Crippen LogP contribution < -0.4 is 5.32 Å². The summed E-state index contributed by atoms with van der Waals surface area (Å²) in [5.74, 6) is -0.124. The van der Waals surface area contributed by atoms with Crippen LogP contribution in [-0.4, -0.2) is 17.6 Å². The van der Waals surface area contributed by atoms with Crippen molar-refractivity contribution in [2.75, 3.05) is 6.54 Å². The molecule has 1 unspecified atom stereocenters. The molecule has 0 saturated carbocycles. The van der Waals surface area contributed by atoms with Crippen molar-refractivity contribution in [2.24, 2.45) is 0 Å². The first-order valence-electron chi connectivity index (χ1n) is 7.76. The summed E-state index contributed by atoms with van der Waals surface area (Å²) in [5.41, 5.74) is 3.30. The van der Waals surface area contributed by atoms with Crippen molar-refractivity contribution in [1.29, 1.82) is 0 Å². The number of hydrogen-bond acceptors (Lipinski definition) is 2. The third kappa shape index (κ3) is 5.01. The Morgan fingerprint density at radius 3 is 2.32 bits per heavy atom. The van der Waals surface area contributed by atoms with Gasteiger partial charge in [-0.1, -0.05) is 61.5 Å². The lowest BCUT2D eigenvalue weighted by Crippen LogP contribution is -2.27. The molecule has 1 atom stereocenters. The third-order valence-electron chi connectivity index (χ3n) is 3.73. The molecule has 0 spiro atoms. The molecule has 3 heteroatoms. The van der Waals surface area contributed by atoms with E-state index in [2.05, 4.69) is 36.5 Å². The van der Waals surface area contributed by atoms with Gasteiger partial charge >= 0.3 is 0 Å². The molecule has 0 aliphatic rings. The number of hydrogen-bond donors (Lipinski definition) is 2. The van der Waals surface area contributed by atoms with Crippen LogP contribution >= 0.6 is 0 Å². The largest absolute Gasteiger partial charge is 0.388 e. The number of rotatable bonds is 7. The lowest BCUT2D eigenvalue weighted by Gasteiger charge is -2.11. The van der Waals surface area contributed by atoms with Gasteiger partial charge in [-0.3, -0.25) is 4.79 Å². The molecule has 2 rings (SSSR count). The molecule has 0 aliphatic heterocycles. The molecule has 0 bridgehead atoms. The van der Waals surface area contributed by atoms with E-state index >= 15 is 0 Å². The van der Waals surface area contributed by atoms with E-state index in [0.29, 0.717) is 6.54 Å². The van der Waals surface area contributed by atoms with Gasteiger partial charge in [0.2, 0.25) is 5.91 Å². The molecule has 0 heterocycles. The molecule has 0 radical (unpaired) electrons. The van der Waals surface area contributed by atoms with Gasteiger partial charge in [0.05, 0.1) is 12.5 Å². The minimum Gasteiger partial charge on any atom is -0.388 e. The highest BCUT2D eigenvalue weighted by Crippen LogP contribution is 2.15. The van der Waals surface area contributed by atoms with E-state index in [9.17, 15) is 9.90 Å². The minimum atomic E-state index is -0.745. The van der Waals surface area contributed by atoms with Crippen LogP contribution in [0.15, 0.2) is 54.6 Å². The van der Waals surface area contributed by atoms with Gasteiger partial charge in [0.15, 0.2) is 0 Å². The Kier molecular flexibility index (Phi) is 6.16. The summed E-state index contributed by atoms with van der Waals surface area (Å²) >= 11 is 0. The summed E-state index contributed by atoms with van der Waals surface area (Å²) in [5, 5.41) is 12.9. The summed E-state index contributed by atoms with van der Waals surface area (Å²) in [6, 6.07) is 17.7. The Hall–Kier alpha value is -2.13. The lowest BCUT2D eigenvalue weighted by molar-refractivity contribution is -0.123. The summed E-state index contributed by atoms with van der Waals surface area (Å²) < 4.78 is 0. The van der Waals surface area contributed by atoms with E-state index in [-0.39, 0.29) is 12.3 Å². The number of aliphatic hydroxyl groups is 1. The first kappa shape index (κ1) is 16.2. The molecular formula is C19H23NO2. The maximum atomic E-state index is 11.8. The monoisotopic (exact) mass is 297 g/mol. The van der Waals surface area contributed by atoms with E-state index in [1.807, 2.05) is 30.3 Å². The van der Waals surface area contributed by atoms with Gasteiger partial charge in [-0.2, -0.15) is 0 Å². The summed E-state index contributed by atoms with van der Waals surface area (Å²) in [6.45, 7) is 2.72. The fraction of sp³-hybridized carbons (Fsp3) is 0.316. The van der Waals surface area contributed by atoms with Crippen LogP contribution in [0.4, 0.5) is 0 Å². The number of carbonyl (C=O) groups is 1. The first-order chi connectivity index (χ1) is 10.7. The van der Waals surface area contributed by atoms with Gasteiger partial charge in [0.25, 0.3) is 0 Å². The van der Waals surface area contributed by atoms with E-state index in [1.165, 1.54) is 11.1 Å². The highest BCUT2D eigenvalue weighted by Gasteiger charge is 2.12. The number of aryl methyl sites for hydroxylation is 1. The Labute approximate surface area is 132 Å². The first-order valence-corrected chi connectivity index (χ1v) is 7.76. The van der Waals surface area contributed by atoms with E-state index in [0.717, 1.165) is 18.4 Å². The van der Waals surface area contributed by atoms with Crippen molar-refractivity contribution in [1.82, 2.24) is 5.32 Å². The standard InChI is InChI=1S/C19H23NO2/c1-2-15-8-10-16(11-9-15)12-13-20-19(22)14-18(21)17-6-4-3-5-7-17/h3-11,18,21H,2,12-14H2,1H3,(H,20,22). The summed E-state index contributed by atoms with van der Waals surface area (Å²) in [4.78, 5) is 11.8. The van der Waals surface area contributed by atoms with Crippen LogP contribution in [0, 0.1) is 0 Å². The maximum absolute atomic E-state index is 11.8. The van der Waals surface area contributed by atoms with Crippen molar-refractivity contribution in [2.45, 2.75) is 32.3 Å². The number of aliphatic hydroxyl groups excluding tert-OH is 1. The normalized spacial score (nSPS) is 11.9. The number of carbonyl (C=O) groups excluding carboxylic acids is 1. The molecule has 116 valence electrons. The lowest BCUT2D eigenvalue weighted by atomic mass is 10.1. The van der Waals surface area contributed by atoms with Crippen LogP contribution in [0.5, 0.6) is 0 Å². The molecule has 3 nitrogen and oxygen atoms in total. The zero-order valence-corrected chi connectivity index (χ0v) is 13.0. The van der Waals surface area contributed by atoms with Crippen LogP contribution in [0.1, 0.15) is 36.1 Å². The van der Waals surface area contributed by atoms with Crippen molar-refractivity contribution in [3.05, 3.63) is 71.3 Å². The topological polar surface area (TPSA) is 49.3 Å². The van der Waals surface area contributed by atoms with Gasteiger partial charge in [-0.05, 0) is 29.5 Å². The molecule has 0 saturated heterocycles. The SMILES string of the molecule is CCc1ccc(CCNC(=O)CC(O)c2ccccc2)cc1. The van der Waals surface area contributed by atoms with Gasteiger partial charge in [0.1, 0.15) is 0 Å². The quantitative estimate of drug-likeness (QED) is 0.825. The smallest absolute Gasteiger partial charge is 0.222 e. The van der Waals surface area contributed by atoms with Crippen LogP contribution in [-0.2, 0) is 17.6 Å². The van der Waals surface area contributed by atoms with Crippen LogP contribution in [0.2, 0.25) is 0 Å². The van der Waals surface area contributed by atoms with Gasteiger partial charge < -0.3 is 10.4 Å². The molecule has 2 N–H and O–H groups in total. The average molecular weight is 297 g/mol.